The van der Waals surface area contributed by atoms with Gasteiger partial charge in [0.25, 0.3) is 0 Å². The zero-order valence-electron chi connectivity index (χ0n) is 12.8. The van der Waals surface area contributed by atoms with E-state index in [4.69, 9.17) is 11.6 Å². The number of nitrogens with one attached hydrogen (secondary N) is 2. The molecule has 2 aliphatic rings. The normalized spacial score (nSPS) is 30.2. The Kier molecular flexibility index (Phi) is 5.56. The summed E-state index contributed by atoms with van der Waals surface area (Å²) in [6.07, 6.45) is 9.61. The first-order chi connectivity index (χ1) is 10.3. The molecule has 1 saturated heterocycles. The molecule has 21 heavy (non-hydrogen) atoms. The van der Waals surface area contributed by atoms with Crippen molar-refractivity contribution in [2.45, 2.75) is 63.6 Å². The van der Waals surface area contributed by atoms with E-state index in [-0.39, 0.29) is 0 Å². The summed E-state index contributed by atoms with van der Waals surface area (Å²) in [6.45, 7) is 2.18. The quantitative estimate of drug-likeness (QED) is 0.874. The molecule has 2 N–H and O–H groups in total. The summed E-state index contributed by atoms with van der Waals surface area (Å²) in [6, 6.07) is 9.64. The van der Waals surface area contributed by atoms with Gasteiger partial charge in [0.05, 0.1) is 0 Å². The van der Waals surface area contributed by atoms with Crippen LogP contribution in [-0.4, -0.2) is 18.6 Å². The van der Waals surface area contributed by atoms with E-state index >= 15 is 0 Å². The molecule has 0 bridgehead atoms. The van der Waals surface area contributed by atoms with E-state index in [2.05, 4.69) is 22.8 Å². The number of hydrogen-bond donors (Lipinski definition) is 2. The van der Waals surface area contributed by atoms with Gasteiger partial charge < -0.3 is 10.6 Å². The van der Waals surface area contributed by atoms with Crippen LogP contribution >= 0.6 is 11.6 Å². The Labute approximate surface area is 133 Å². The van der Waals surface area contributed by atoms with Gasteiger partial charge >= 0.3 is 0 Å². The molecule has 1 saturated carbocycles. The van der Waals surface area contributed by atoms with Gasteiger partial charge in [0.15, 0.2) is 0 Å². The Morgan fingerprint density at radius 3 is 2.52 bits per heavy atom. The predicted molar refractivity (Wildman–Crippen MR) is 89.7 cm³/mol. The van der Waals surface area contributed by atoms with E-state index in [1.165, 1.54) is 57.1 Å². The van der Waals surface area contributed by atoms with E-state index in [0.29, 0.717) is 6.04 Å². The van der Waals surface area contributed by atoms with Crippen LogP contribution in [0.2, 0.25) is 5.02 Å². The van der Waals surface area contributed by atoms with Crippen LogP contribution in [0.1, 0.15) is 50.5 Å². The molecule has 0 aromatic heterocycles. The van der Waals surface area contributed by atoms with Gasteiger partial charge in [-0.25, -0.2) is 0 Å². The predicted octanol–water partition coefficient (Wildman–Crippen LogP) is 4.13. The van der Waals surface area contributed by atoms with Crippen molar-refractivity contribution in [2.75, 3.05) is 6.54 Å². The summed E-state index contributed by atoms with van der Waals surface area (Å²) in [4.78, 5) is 0. The molecular weight excluding hydrogens is 280 g/mol. The highest BCUT2D eigenvalue weighted by molar-refractivity contribution is 6.30. The summed E-state index contributed by atoms with van der Waals surface area (Å²) in [5.41, 5.74) is 1.33. The van der Waals surface area contributed by atoms with Crippen LogP contribution in [0.25, 0.3) is 0 Å². The third kappa shape index (κ3) is 4.21. The standard InChI is InChI=1S/C18H27ClN2/c19-15-10-8-14(9-11-15)13-21-18-6-2-1-5-16(18)17-7-3-4-12-20-17/h8-11,16-18,20-21H,1-7,12-13H2. The second kappa shape index (κ2) is 7.62. The average Bonchev–Trinajstić information content (AvgIpc) is 2.55. The fourth-order valence-electron chi connectivity index (χ4n) is 3.99. The van der Waals surface area contributed by atoms with Gasteiger partial charge in [-0.15, -0.1) is 0 Å². The molecule has 2 nitrogen and oxygen atoms in total. The van der Waals surface area contributed by atoms with Crippen molar-refractivity contribution in [3.8, 4) is 0 Å². The lowest BCUT2D eigenvalue weighted by Crippen LogP contribution is -2.50. The highest BCUT2D eigenvalue weighted by Crippen LogP contribution is 2.30. The smallest absolute Gasteiger partial charge is 0.0406 e. The molecule has 1 aromatic carbocycles. The van der Waals surface area contributed by atoms with E-state index in [1.807, 2.05) is 12.1 Å². The van der Waals surface area contributed by atoms with Crippen LogP contribution in [-0.2, 0) is 6.54 Å². The second-order valence-corrected chi connectivity index (χ2v) is 7.06. The van der Waals surface area contributed by atoms with Crippen LogP contribution in [0, 0.1) is 5.92 Å². The lowest BCUT2D eigenvalue weighted by atomic mass is 9.77. The van der Waals surface area contributed by atoms with Crippen molar-refractivity contribution >= 4 is 11.6 Å². The monoisotopic (exact) mass is 306 g/mol. The third-order valence-corrected chi connectivity index (χ3v) is 5.42. The van der Waals surface area contributed by atoms with Gasteiger partial charge in [0.2, 0.25) is 0 Å². The topological polar surface area (TPSA) is 24.1 Å². The zero-order valence-corrected chi connectivity index (χ0v) is 13.5. The molecule has 3 heteroatoms. The summed E-state index contributed by atoms with van der Waals surface area (Å²) in [5, 5.41) is 8.41. The molecule has 1 heterocycles. The van der Waals surface area contributed by atoms with Gasteiger partial charge in [-0.05, 0) is 55.8 Å². The van der Waals surface area contributed by atoms with Crippen LogP contribution < -0.4 is 10.6 Å². The minimum Gasteiger partial charge on any atom is -0.314 e. The number of piperidine rings is 1. The SMILES string of the molecule is Clc1ccc(CNC2CCCCC2C2CCCCN2)cc1. The van der Waals surface area contributed by atoms with E-state index in [9.17, 15) is 0 Å². The lowest BCUT2D eigenvalue weighted by molar-refractivity contribution is 0.181. The maximum atomic E-state index is 5.96. The van der Waals surface area contributed by atoms with Crippen molar-refractivity contribution in [2.24, 2.45) is 5.92 Å². The molecule has 3 rings (SSSR count). The Balaban J connectivity index is 1.57. The number of benzene rings is 1. The molecule has 1 aliphatic heterocycles. The highest BCUT2D eigenvalue weighted by Gasteiger charge is 2.31. The number of hydrogen-bond acceptors (Lipinski definition) is 2. The Morgan fingerprint density at radius 1 is 1.00 bits per heavy atom. The molecule has 3 atom stereocenters. The Morgan fingerprint density at radius 2 is 1.76 bits per heavy atom. The van der Waals surface area contributed by atoms with Gasteiger partial charge in [0, 0.05) is 23.7 Å². The maximum Gasteiger partial charge on any atom is 0.0406 e. The van der Waals surface area contributed by atoms with Gasteiger partial charge in [0.1, 0.15) is 0 Å². The summed E-state index contributed by atoms with van der Waals surface area (Å²) < 4.78 is 0. The minimum absolute atomic E-state index is 0.671. The molecule has 1 aliphatic carbocycles. The number of halogens is 1. The summed E-state index contributed by atoms with van der Waals surface area (Å²) >= 11 is 5.96. The van der Waals surface area contributed by atoms with Crippen molar-refractivity contribution in [1.82, 2.24) is 10.6 Å². The molecule has 3 unspecified atom stereocenters. The molecule has 0 spiro atoms. The van der Waals surface area contributed by atoms with Crippen LogP contribution in [0.15, 0.2) is 24.3 Å². The first-order valence-electron chi connectivity index (χ1n) is 8.54. The van der Waals surface area contributed by atoms with E-state index in [1.54, 1.807) is 0 Å². The van der Waals surface area contributed by atoms with Gasteiger partial charge in [-0.1, -0.05) is 43.0 Å². The highest BCUT2D eigenvalue weighted by atomic mass is 35.5. The van der Waals surface area contributed by atoms with Crippen LogP contribution in [0.4, 0.5) is 0 Å². The summed E-state index contributed by atoms with van der Waals surface area (Å²) in [7, 11) is 0. The molecule has 1 aromatic rings. The largest absolute Gasteiger partial charge is 0.314 e. The van der Waals surface area contributed by atoms with E-state index < -0.39 is 0 Å². The number of rotatable bonds is 4. The molecule has 0 radical (unpaired) electrons. The summed E-state index contributed by atoms with van der Waals surface area (Å²) in [5.74, 6) is 0.811. The van der Waals surface area contributed by atoms with Crippen molar-refractivity contribution in [1.29, 1.82) is 0 Å². The maximum absolute atomic E-state index is 5.96. The minimum atomic E-state index is 0.671. The molecule has 2 fully saturated rings. The lowest BCUT2D eigenvalue weighted by Gasteiger charge is -2.40. The average molecular weight is 307 g/mol. The van der Waals surface area contributed by atoms with Crippen molar-refractivity contribution < 1.29 is 0 Å². The third-order valence-electron chi connectivity index (χ3n) is 5.17. The molecule has 0 amide bonds. The first-order valence-corrected chi connectivity index (χ1v) is 8.92. The van der Waals surface area contributed by atoms with E-state index in [0.717, 1.165) is 23.5 Å². The molecule has 116 valence electrons. The van der Waals surface area contributed by atoms with Gasteiger partial charge in [-0.3, -0.25) is 0 Å². The van der Waals surface area contributed by atoms with Crippen LogP contribution in [0.5, 0.6) is 0 Å². The Bertz CT molecular complexity index is 425. The molecular formula is C18H27ClN2. The fourth-order valence-corrected chi connectivity index (χ4v) is 4.12. The first kappa shape index (κ1) is 15.3. The van der Waals surface area contributed by atoms with Crippen molar-refractivity contribution in [3.05, 3.63) is 34.9 Å². The van der Waals surface area contributed by atoms with Crippen molar-refractivity contribution in [3.63, 3.8) is 0 Å². The fraction of sp³-hybridized carbons (Fsp3) is 0.667. The zero-order chi connectivity index (χ0) is 14.5. The Hall–Kier alpha value is -0.570. The van der Waals surface area contributed by atoms with Crippen LogP contribution in [0.3, 0.4) is 0 Å². The second-order valence-electron chi connectivity index (χ2n) is 6.62. The van der Waals surface area contributed by atoms with Gasteiger partial charge in [-0.2, -0.15) is 0 Å².